The molecule has 2 rings (SSSR count). The average Bonchev–Trinajstić information content (AvgIpc) is 2.87. The molecule has 7 nitrogen and oxygen atoms in total. The SMILES string of the molecule is NC(N)=NOS(=O)(=O)CC(=O)c1cc2c(C(F)(F)F)cccc2s1. The first kappa shape index (κ1) is 18.0. The number of benzene rings is 1. The molecule has 0 saturated heterocycles. The fraction of sp³-hybridized carbons (Fsp3) is 0.167. The first-order valence-electron chi connectivity index (χ1n) is 6.13. The Morgan fingerprint density at radius 2 is 1.96 bits per heavy atom. The number of carbonyl (C=O) groups is 1. The summed E-state index contributed by atoms with van der Waals surface area (Å²) in [6.07, 6.45) is -4.59. The lowest BCUT2D eigenvalue weighted by molar-refractivity contribution is -0.136. The maximum Gasteiger partial charge on any atom is 0.417 e. The Morgan fingerprint density at radius 3 is 2.54 bits per heavy atom. The lowest BCUT2D eigenvalue weighted by atomic mass is 10.1. The number of fused-ring (bicyclic) bond motifs is 1. The van der Waals surface area contributed by atoms with Crippen LogP contribution < -0.4 is 11.5 Å². The zero-order valence-electron chi connectivity index (χ0n) is 11.7. The van der Waals surface area contributed by atoms with Crippen LogP contribution in [0.5, 0.6) is 0 Å². The van der Waals surface area contributed by atoms with Crippen molar-refractivity contribution in [1.29, 1.82) is 0 Å². The molecule has 0 aliphatic heterocycles. The molecular weight excluding hydrogens is 371 g/mol. The van der Waals surface area contributed by atoms with Crippen LogP contribution in [0.4, 0.5) is 13.2 Å². The predicted molar refractivity (Wildman–Crippen MR) is 81.8 cm³/mol. The molecular formula is C12H10F3N3O4S2. The van der Waals surface area contributed by atoms with Crippen molar-refractivity contribution >= 4 is 43.3 Å². The molecule has 0 fully saturated rings. The van der Waals surface area contributed by atoms with Crippen molar-refractivity contribution in [2.24, 2.45) is 16.6 Å². The first-order valence-corrected chi connectivity index (χ1v) is 8.52. The van der Waals surface area contributed by atoms with Gasteiger partial charge in [0.15, 0.2) is 11.5 Å². The minimum atomic E-state index is -4.59. The van der Waals surface area contributed by atoms with Gasteiger partial charge < -0.3 is 11.5 Å². The van der Waals surface area contributed by atoms with Gasteiger partial charge in [-0.3, -0.25) is 9.08 Å². The van der Waals surface area contributed by atoms with Crippen LogP contribution in [0.15, 0.2) is 29.4 Å². The van der Waals surface area contributed by atoms with Gasteiger partial charge in [-0.1, -0.05) is 6.07 Å². The van der Waals surface area contributed by atoms with Crippen LogP contribution in [0.3, 0.4) is 0 Å². The van der Waals surface area contributed by atoms with Crippen molar-refractivity contribution in [3.8, 4) is 0 Å². The van der Waals surface area contributed by atoms with Crippen molar-refractivity contribution in [2.75, 3.05) is 5.75 Å². The van der Waals surface area contributed by atoms with Crippen LogP contribution in [0.25, 0.3) is 10.1 Å². The molecule has 24 heavy (non-hydrogen) atoms. The molecule has 130 valence electrons. The second kappa shape index (κ2) is 6.28. The third-order valence-corrected chi connectivity index (χ3v) is 4.76. The number of thiophene rings is 1. The van der Waals surface area contributed by atoms with E-state index < -0.39 is 39.4 Å². The third-order valence-electron chi connectivity index (χ3n) is 2.71. The van der Waals surface area contributed by atoms with Gasteiger partial charge in [0.25, 0.3) is 0 Å². The van der Waals surface area contributed by atoms with Crippen LogP contribution in [-0.4, -0.2) is 25.9 Å². The van der Waals surface area contributed by atoms with Gasteiger partial charge in [0.2, 0.25) is 5.96 Å². The molecule has 0 aliphatic carbocycles. The lowest BCUT2D eigenvalue weighted by Crippen LogP contribution is -2.24. The maximum atomic E-state index is 12.9. The number of guanidine groups is 1. The van der Waals surface area contributed by atoms with Crippen LogP contribution in [0.2, 0.25) is 0 Å². The molecule has 0 amide bonds. The minimum absolute atomic E-state index is 0.154. The van der Waals surface area contributed by atoms with Crippen molar-refractivity contribution in [2.45, 2.75) is 6.18 Å². The van der Waals surface area contributed by atoms with E-state index in [1.165, 1.54) is 12.1 Å². The molecule has 1 heterocycles. The minimum Gasteiger partial charge on any atom is -0.367 e. The lowest BCUT2D eigenvalue weighted by Gasteiger charge is -2.06. The third kappa shape index (κ3) is 4.14. The van der Waals surface area contributed by atoms with Crippen LogP contribution in [0, 0.1) is 0 Å². The topological polar surface area (TPSA) is 125 Å². The number of halogens is 3. The summed E-state index contributed by atoms with van der Waals surface area (Å²) in [7, 11) is -4.41. The van der Waals surface area contributed by atoms with E-state index in [1.807, 2.05) is 0 Å². The summed E-state index contributed by atoms with van der Waals surface area (Å²) in [6, 6.07) is 4.48. The maximum absolute atomic E-state index is 12.9. The van der Waals surface area contributed by atoms with E-state index in [9.17, 15) is 26.4 Å². The molecule has 1 aromatic heterocycles. The number of nitrogens with two attached hydrogens (primary N) is 2. The standard InChI is InChI=1S/C12H10F3N3O4S2/c13-12(14,15)7-2-1-3-9-6(7)4-10(23-9)8(19)5-24(20,21)22-18-11(16)17/h1-4H,5H2,(H4,16,17,18). The number of hydrogen-bond donors (Lipinski definition) is 2. The molecule has 12 heteroatoms. The van der Waals surface area contributed by atoms with E-state index in [4.69, 9.17) is 11.5 Å². The number of nitrogens with zero attached hydrogens (tertiary/aromatic N) is 1. The summed E-state index contributed by atoms with van der Waals surface area (Å²) >= 11 is 0.746. The summed E-state index contributed by atoms with van der Waals surface area (Å²) < 4.78 is 66.1. The van der Waals surface area contributed by atoms with E-state index in [0.29, 0.717) is 0 Å². The van der Waals surface area contributed by atoms with Gasteiger partial charge >= 0.3 is 16.3 Å². The zero-order valence-corrected chi connectivity index (χ0v) is 13.3. The van der Waals surface area contributed by atoms with Crippen molar-refractivity contribution in [3.05, 3.63) is 34.7 Å². The highest BCUT2D eigenvalue weighted by Crippen LogP contribution is 2.38. The highest BCUT2D eigenvalue weighted by atomic mass is 32.2. The fourth-order valence-corrected chi connectivity index (χ4v) is 3.65. The smallest absolute Gasteiger partial charge is 0.367 e. The molecule has 2 aromatic rings. The van der Waals surface area contributed by atoms with Crippen LogP contribution in [0.1, 0.15) is 15.2 Å². The van der Waals surface area contributed by atoms with E-state index in [2.05, 4.69) is 9.44 Å². The highest BCUT2D eigenvalue weighted by Gasteiger charge is 2.33. The summed E-state index contributed by atoms with van der Waals surface area (Å²) in [5, 5.41) is 2.64. The summed E-state index contributed by atoms with van der Waals surface area (Å²) in [5.74, 6) is -2.71. The Balaban J connectivity index is 2.33. The molecule has 0 saturated carbocycles. The summed E-state index contributed by atoms with van der Waals surface area (Å²) in [5.41, 5.74) is 8.89. The van der Waals surface area contributed by atoms with Crippen molar-refractivity contribution in [1.82, 2.24) is 0 Å². The normalized spacial score (nSPS) is 12.1. The molecule has 0 bridgehead atoms. The van der Waals surface area contributed by atoms with E-state index in [0.717, 1.165) is 23.5 Å². The number of carbonyl (C=O) groups excluding carboxylic acids is 1. The molecule has 0 radical (unpaired) electrons. The Bertz CT molecular complexity index is 915. The molecule has 4 N–H and O–H groups in total. The first-order chi connectivity index (χ1) is 11.0. The van der Waals surface area contributed by atoms with Gasteiger partial charge in [-0.15, -0.1) is 11.3 Å². The van der Waals surface area contributed by atoms with Crippen LogP contribution in [-0.2, 0) is 20.6 Å². The second-order valence-corrected chi connectivity index (χ2v) is 7.18. The van der Waals surface area contributed by atoms with Gasteiger partial charge in [-0.25, -0.2) is 0 Å². The number of oxime groups is 1. The number of Topliss-reactive ketones (excluding diaryl/α,β-unsaturated/α-hetero) is 1. The van der Waals surface area contributed by atoms with Crippen LogP contribution >= 0.6 is 11.3 Å². The van der Waals surface area contributed by atoms with Gasteiger partial charge in [-0.05, 0) is 23.4 Å². The van der Waals surface area contributed by atoms with Gasteiger partial charge in [-0.2, -0.15) is 21.6 Å². The highest BCUT2D eigenvalue weighted by molar-refractivity contribution is 7.87. The largest absolute Gasteiger partial charge is 0.417 e. The number of alkyl halides is 3. The van der Waals surface area contributed by atoms with Gasteiger partial charge in [0.05, 0.1) is 10.4 Å². The number of hydrogen-bond acceptors (Lipinski definition) is 6. The Morgan fingerprint density at radius 1 is 1.29 bits per heavy atom. The van der Waals surface area contributed by atoms with Crippen molar-refractivity contribution in [3.63, 3.8) is 0 Å². The number of ketones is 1. The average molecular weight is 381 g/mol. The summed E-state index contributed by atoms with van der Waals surface area (Å²) in [6.45, 7) is 0. The molecule has 0 aliphatic rings. The quantitative estimate of drug-likeness (QED) is 0.351. The summed E-state index contributed by atoms with van der Waals surface area (Å²) in [4.78, 5) is 11.8. The molecule has 0 spiro atoms. The van der Waals surface area contributed by atoms with Gasteiger partial charge in [0, 0.05) is 10.1 Å². The van der Waals surface area contributed by atoms with Gasteiger partial charge in [0.1, 0.15) is 0 Å². The monoisotopic (exact) mass is 381 g/mol. The second-order valence-electron chi connectivity index (χ2n) is 4.54. The van der Waals surface area contributed by atoms with E-state index in [1.54, 1.807) is 0 Å². The molecule has 0 unspecified atom stereocenters. The van der Waals surface area contributed by atoms with Crippen molar-refractivity contribution < 1.29 is 30.7 Å². The Kier molecular flexibility index (Phi) is 4.71. The fourth-order valence-electron chi connectivity index (χ4n) is 1.80. The molecule has 1 aromatic carbocycles. The molecule has 0 atom stereocenters. The Hall–Kier alpha value is -2.34. The Labute approximate surface area is 137 Å². The zero-order chi connectivity index (χ0) is 18.1. The number of rotatable bonds is 5. The predicted octanol–water partition coefficient (Wildman–Crippen LogP) is 1.64. The van der Waals surface area contributed by atoms with E-state index >= 15 is 0 Å². The van der Waals surface area contributed by atoms with E-state index in [-0.39, 0.29) is 15.0 Å².